The molecule has 2 N–H and O–H groups in total. The molecule has 0 unspecified atom stereocenters. The van der Waals surface area contributed by atoms with Crippen LogP contribution in [0.1, 0.15) is 31.1 Å². The maximum Gasteiger partial charge on any atom is 0.335 e. The number of carbonyl (C=O) groups is 1. The Morgan fingerprint density at radius 1 is 1.31 bits per heavy atom. The van der Waals surface area contributed by atoms with Crippen LogP contribution in [0.15, 0.2) is 29.4 Å². The minimum atomic E-state index is -0.923. The van der Waals surface area contributed by atoms with Crippen molar-refractivity contribution in [3.8, 4) is 0 Å². The topological polar surface area (TPSA) is 61.7 Å². The zero-order valence-corrected chi connectivity index (χ0v) is 9.69. The summed E-state index contributed by atoms with van der Waals surface area (Å²) in [6.07, 6.45) is 0. The van der Waals surface area contributed by atoms with E-state index in [1.807, 2.05) is 6.92 Å². The van der Waals surface area contributed by atoms with Crippen LogP contribution in [0, 0.1) is 5.92 Å². The van der Waals surface area contributed by atoms with E-state index in [1.54, 1.807) is 24.3 Å². The van der Waals surface area contributed by atoms with Gasteiger partial charge in [-0.2, -0.15) is 5.10 Å². The van der Waals surface area contributed by atoms with Crippen LogP contribution in [0.25, 0.3) is 0 Å². The molecule has 0 aromatic heterocycles. The average molecular weight is 220 g/mol. The predicted molar refractivity (Wildman–Crippen MR) is 65.0 cm³/mol. The Labute approximate surface area is 95.0 Å². The molecule has 4 nitrogen and oxygen atoms in total. The molecule has 0 radical (unpaired) electrons. The molecule has 0 amide bonds. The number of nitrogens with zero attached hydrogens (tertiary/aromatic N) is 1. The van der Waals surface area contributed by atoms with E-state index in [2.05, 4.69) is 24.4 Å². The third-order valence-corrected chi connectivity index (χ3v) is 2.33. The van der Waals surface area contributed by atoms with Gasteiger partial charge in [0.05, 0.1) is 11.3 Å². The number of carboxylic acids is 1. The predicted octanol–water partition coefficient (Wildman–Crippen LogP) is 2.83. The average Bonchev–Trinajstić information content (AvgIpc) is 2.26. The third kappa shape index (κ3) is 3.38. The molecule has 0 aliphatic rings. The molecule has 0 aliphatic heterocycles. The number of anilines is 1. The van der Waals surface area contributed by atoms with Crippen molar-refractivity contribution in [1.82, 2.24) is 0 Å². The number of aromatic carboxylic acids is 1. The van der Waals surface area contributed by atoms with Gasteiger partial charge < -0.3 is 5.11 Å². The van der Waals surface area contributed by atoms with Gasteiger partial charge in [0.15, 0.2) is 0 Å². The fourth-order valence-electron chi connectivity index (χ4n) is 0.969. The van der Waals surface area contributed by atoms with Crippen LogP contribution in [0.3, 0.4) is 0 Å². The van der Waals surface area contributed by atoms with Gasteiger partial charge in [-0.05, 0) is 37.1 Å². The Hall–Kier alpha value is -1.84. The molecule has 1 aromatic carbocycles. The van der Waals surface area contributed by atoms with Crippen molar-refractivity contribution < 1.29 is 9.90 Å². The summed E-state index contributed by atoms with van der Waals surface area (Å²) in [4.78, 5) is 10.6. The SMILES string of the molecule is CC(=NNc1ccc(C(=O)O)cc1)C(C)C. The highest BCUT2D eigenvalue weighted by molar-refractivity contribution is 5.88. The van der Waals surface area contributed by atoms with Crippen LogP contribution in [-0.4, -0.2) is 16.8 Å². The summed E-state index contributed by atoms with van der Waals surface area (Å²) in [7, 11) is 0. The van der Waals surface area contributed by atoms with E-state index < -0.39 is 5.97 Å². The van der Waals surface area contributed by atoms with Crippen molar-refractivity contribution >= 4 is 17.4 Å². The van der Waals surface area contributed by atoms with Crippen molar-refractivity contribution in [3.05, 3.63) is 29.8 Å². The van der Waals surface area contributed by atoms with Crippen molar-refractivity contribution in [1.29, 1.82) is 0 Å². The molecule has 16 heavy (non-hydrogen) atoms. The van der Waals surface area contributed by atoms with Crippen LogP contribution in [-0.2, 0) is 0 Å². The second kappa shape index (κ2) is 5.30. The van der Waals surface area contributed by atoms with Gasteiger partial charge in [-0.1, -0.05) is 13.8 Å². The fraction of sp³-hybridized carbons (Fsp3) is 0.333. The third-order valence-electron chi connectivity index (χ3n) is 2.33. The molecular weight excluding hydrogens is 204 g/mol. The standard InChI is InChI=1S/C12H16N2O2/c1-8(2)9(3)13-14-11-6-4-10(5-7-11)12(15)16/h4-8,14H,1-3H3,(H,15,16). The molecule has 0 saturated heterocycles. The summed E-state index contributed by atoms with van der Waals surface area (Å²) in [5.41, 5.74) is 4.94. The Morgan fingerprint density at radius 3 is 2.31 bits per heavy atom. The van der Waals surface area contributed by atoms with Crippen molar-refractivity contribution in [3.63, 3.8) is 0 Å². The maximum absolute atomic E-state index is 10.6. The first kappa shape index (κ1) is 12.2. The number of hydrogen-bond acceptors (Lipinski definition) is 3. The summed E-state index contributed by atoms with van der Waals surface area (Å²) >= 11 is 0. The van der Waals surface area contributed by atoms with E-state index in [0.29, 0.717) is 5.92 Å². The molecule has 4 heteroatoms. The van der Waals surface area contributed by atoms with Gasteiger partial charge in [-0.15, -0.1) is 0 Å². The molecule has 86 valence electrons. The van der Waals surface area contributed by atoms with Crippen LogP contribution in [0.4, 0.5) is 5.69 Å². The summed E-state index contributed by atoms with van der Waals surface area (Å²) in [6, 6.07) is 6.48. The lowest BCUT2D eigenvalue weighted by Gasteiger charge is -2.05. The normalized spacial score (nSPS) is 11.6. The Bertz CT molecular complexity index is 394. The molecule has 0 aliphatic carbocycles. The summed E-state index contributed by atoms with van der Waals surface area (Å²) in [5, 5.41) is 12.9. The zero-order chi connectivity index (χ0) is 12.1. The number of benzene rings is 1. The number of rotatable bonds is 4. The number of hydrazone groups is 1. The lowest BCUT2D eigenvalue weighted by molar-refractivity contribution is 0.0697. The lowest BCUT2D eigenvalue weighted by atomic mass is 10.1. The Kier molecular flexibility index (Phi) is 4.05. The monoisotopic (exact) mass is 220 g/mol. The first-order valence-corrected chi connectivity index (χ1v) is 5.14. The second-order valence-corrected chi connectivity index (χ2v) is 3.90. The van der Waals surface area contributed by atoms with E-state index in [0.717, 1.165) is 11.4 Å². The highest BCUT2D eigenvalue weighted by atomic mass is 16.4. The molecule has 0 fully saturated rings. The zero-order valence-electron chi connectivity index (χ0n) is 9.69. The van der Waals surface area contributed by atoms with Crippen molar-refractivity contribution in [2.24, 2.45) is 11.0 Å². The van der Waals surface area contributed by atoms with Crippen molar-refractivity contribution in [2.75, 3.05) is 5.43 Å². The van der Waals surface area contributed by atoms with Crippen LogP contribution < -0.4 is 5.43 Å². The quantitative estimate of drug-likeness (QED) is 0.605. The lowest BCUT2D eigenvalue weighted by Crippen LogP contribution is -2.05. The van der Waals surface area contributed by atoms with Gasteiger partial charge in [0.25, 0.3) is 0 Å². The summed E-state index contributed by atoms with van der Waals surface area (Å²) in [6.45, 7) is 6.07. The van der Waals surface area contributed by atoms with Crippen molar-refractivity contribution in [2.45, 2.75) is 20.8 Å². The van der Waals surface area contributed by atoms with E-state index in [4.69, 9.17) is 5.11 Å². The summed E-state index contributed by atoms with van der Waals surface area (Å²) in [5.74, 6) is -0.529. The van der Waals surface area contributed by atoms with Gasteiger partial charge in [-0.3, -0.25) is 5.43 Å². The Balaban J connectivity index is 2.69. The summed E-state index contributed by atoms with van der Waals surface area (Å²) < 4.78 is 0. The number of carboxylic acid groups (broad SMARTS) is 1. The van der Waals surface area contributed by atoms with E-state index >= 15 is 0 Å². The van der Waals surface area contributed by atoms with Gasteiger partial charge in [0, 0.05) is 5.71 Å². The molecule has 0 atom stereocenters. The smallest absolute Gasteiger partial charge is 0.335 e. The van der Waals surface area contributed by atoms with E-state index in [9.17, 15) is 4.79 Å². The fourth-order valence-corrected chi connectivity index (χ4v) is 0.969. The first-order chi connectivity index (χ1) is 7.50. The molecule has 0 spiro atoms. The molecule has 0 saturated carbocycles. The van der Waals surface area contributed by atoms with E-state index in [-0.39, 0.29) is 5.56 Å². The number of nitrogens with one attached hydrogen (secondary N) is 1. The second-order valence-electron chi connectivity index (χ2n) is 3.90. The largest absolute Gasteiger partial charge is 0.478 e. The van der Waals surface area contributed by atoms with Crippen LogP contribution in [0.5, 0.6) is 0 Å². The van der Waals surface area contributed by atoms with Gasteiger partial charge in [0.2, 0.25) is 0 Å². The van der Waals surface area contributed by atoms with E-state index in [1.165, 1.54) is 0 Å². The van der Waals surface area contributed by atoms with Gasteiger partial charge >= 0.3 is 5.97 Å². The first-order valence-electron chi connectivity index (χ1n) is 5.14. The number of hydrogen-bond donors (Lipinski definition) is 2. The molecule has 1 aromatic rings. The minimum Gasteiger partial charge on any atom is -0.478 e. The maximum atomic E-state index is 10.6. The minimum absolute atomic E-state index is 0.273. The molecule has 1 rings (SSSR count). The van der Waals surface area contributed by atoms with Crippen LogP contribution >= 0.6 is 0 Å². The van der Waals surface area contributed by atoms with Gasteiger partial charge in [-0.25, -0.2) is 4.79 Å². The highest BCUT2D eigenvalue weighted by Gasteiger charge is 2.01. The highest BCUT2D eigenvalue weighted by Crippen LogP contribution is 2.10. The van der Waals surface area contributed by atoms with Gasteiger partial charge in [0.1, 0.15) is 0 Å². The molecule has 0 bridgehead atoms. The van der Waals surface area contributed by atoms with Crippen LogP contribution in [0.2, 0.25) is 0 Å². The Morgan fingerprint density at radius 2 is 1.88 bits per heavy atom. The molecular formula is C12H16N2O2. The molecule has 0 heterocycles.